The number of fused-ring (bicyclic) bond motifs is 1. The van der Waals surface area contributed by atoms with Crippen molar-refractivity contribution in [2.24, 2.45) is 5.73 Å². The third-order valence-electron chi connectivity index (χ3n) is 4.13. The number of hydrogen-bond acceptors (Lipinski definition) is 4. The molecule has 0 amide bonds. The van der Waals surface area contributed by atoms with E-state index in [1.165, 1.54) is 25.8 Å². The van der Waals surface area contributed by atoms with E-state index in [0.717, 1.165) is 23.6 Å². The first-order valence-electron chi connectivity index (χ1n) is 7.02. The third kappa shape index (κ3) is 2.35. The Labute approximate surface area is 113 Å². The molecule has 0 bridgehead atoms. The number of pyridine rings is 1. The van der Waals surface area contributed by atoms with Gasteiger partial charge in [-0.2, -0.15) is 0 Å². The Hall–Kier alpha value is -1.46. The molecule has 3 rings (SSSR count). The van der Waals surface area contributed by atoms with Crippen molar-refractivity contribution in [1.29, 1.82) is 0 Å². The molecular formula is C14H21N5. The first-order chi connectivity index (χ1) is 9.29. The molecule has 1 fully saturated rings. The van der Waals surface area contributed by atoms with E-state index in [-0.39, 0.29) is 0 Å². The zero-order chi connectivity index (χ0) is 13.2. The predicted octanol–water partition coefficient (Wildman–Crippen LogP) is 1.21. The molecule has 1 unspecified atom stereocenters. The van der Waals surface area contributed by atoms with Gasteiger partial charge in [-0.25, -0.2) is 0 Å². The van der Waals surface area contributed by atoms with Gasteiger partial charge in [0.1, 0.15) is 5.82 Å². The molecule has 5 nitrogen and oxygen atoms in total. The summed E-state index contributed by atoms with van der Waals surface area (Å²) in [5.74, 6) is 1.04. The molecule has 0 radical (unpaired) electrons. The number of nitrogens with zero attached hydrogens (tertiary/aromatic N) is 4. The van der Waals surface area contributed by atoms with E-state index in [1.54, 1.807) is 0 Å². The summed E-state index contributed by atoms with van der Waals surface area (Å²) in [6.45, 7) is 1.70. The van der Waals surface area contributed by atoms with Crippen molar-refractivity contribution in [3.8, 4) is 0 Å². The number of rotatable bonds is 3. The molecule has 1 aliphatic heterocycles. The van der Waals surface area contributed by atoms with Crippen molar-refractivity contribution >= 4 is 5.65 Å². The molecule has 1 aliphatic rings. The Morgan fingerprint density at radius 1 is 1.32 bits per heavy atom. The number of likely N-dealkylation sites (tertiary alicyclic amines) is 1. The smallest absolute Gasteiger partial charge is 0.161 e. The SMILES string of the molecule is CN1CCCCC1Cc1nnc2cccc(CN)n12. The molecule has 2 N–H and O–H groups in total. The Kier molecular flexibility index (Phi) is 3.48. The molecule has 1 saturated heterocycles. The average Bonchev–Trinajstić information content (AvgIpc) is 2.85. The third-order valence-corrected chi connectivity index (χ3v) is 4.13. The van der Waals surface area contributed by atoms with Crippen molar-refractivity contribution < 1.29 is 0 Å². The van der Waals surface area contributed by atoms with Crippen LogP contribution in [0.3, 0.4) is 0 Å². The van der Waals surface area contributed by atoms with Crippen molar-refractivity contribution in [2.75, 3.05) is 13.6 Å². The summed E-state index contributed by atoms with van der Waals surface area (Å²) in [5.41, 5.74) is 7.80. The van der Waals surface area contributed by atoms with Gasteiger partial charge in [0.15, 0.2) is 5.65 Å². The van der Waals surface area contributed by atoms with Crippen molar-refractivity contribution in [1.82, 2.24) is 19.5 Å². The Balaban J connectivity index is 1.92. The van der Waals surface area contributed by atoms with E-state index >= 15 is 0 Å². The summed E-state index contributed by atoms with van der Waals surface area (Å²) in [4.78, 5) is 2.44. The van der Waals surface area contributed by atoms with Gasteiger partial charge in [0.05, 0.1) is 0 Å². The van der Waals surface area contributed by atoms with Crippen LogP contribution < -0.4 is 5.73 Å². The van der Waals surface area contributed by atoms with Gasteiger partial charge in [-0.15, -0.1) is 10.2 Å². The van der Waals surface area contributed by atoms with Crippen LogP contribution >= 0.6 is 0 Å². The fraction of sp³-hybridized carbons (Fsp3) is 0.571. The second-order valence-corrected chi connectivity index (χ2v) is 5.37. The quantitative estimate of drug-likeness (QED) is 0.900. The van der Waals surface area contributed by atoms with Crippen LogP contribution in [0.4, 0.5) is 0 Å². The Morgan fingerprint density at radius 2 is 2.21 bits per heavy atom. The number of hydrogen-bond donors (Lipinski definition) is 1. The largest absolute Gasteiger partial charge is 0.325 e. The predicted molar refractivity (Wildman–Crippen MR) is 74.9 cm³/mol. The van der Waals surface area contributed by atoms with E-state index in [9.17, 15) is 0 Å². The lowest BCUT2D eigenvalue weighted by Crippen LogP contribution is -2.38. The first kappa shape index (κ1) is 12.6. The van der Waals surface area contributed by atoms with E-state index in [4.69, 9.17) is 5.73 Å². The number of likely N-dealkylation sites (N-methyl/N-ethyl adjacent to an activating group) is 1. The van der Waals surface area contributed by atoms with Gasteiger partial charge in [-0.1, -0.05) is 12.5 Å². The second-order valence-electron chi connectivity index (χ2n) is 5.37. The lowest BCUT2D eigenvalue weighted by Gasteiger charge is -2.32. The summed E-state index contributed by atoms with van der Waals surface area (Å²) < 4.78 is 2.11. The molecule has 102 valence electrons. The highest BCUT2D eigenvalue weighted by atomic mass is 15.3. The highest BCUT2D eigenvalue weighted by Crippen LogP contribution is 2.19. The minimum atomic E-state index is 0.517. The minimum Gasteiger partial charge on any atom is -0.325 e. The standard InChI is InChI=1S/C14H21N5/c1-18-8-3-2-5-11(18)9-14-17-16-13-7-4-6-12(10-15)19(13)14/h4,6-7,11H,2-3,5,8-10,15H2,1H3. The summed E-state index contributed by atoms with van der Waals surface area (Å²) in [7, 11) is 2.21. The van der Waals surface area contributed by atoms with Crippen molar-refractivity contribution in [3.05, 3.63) is 29.7 Å². The summed E-state index contributed by atoms with van der Waals surface area (Å²) in [6.07, 6.45) is 4.82. The molecule has 1 atom stereocenters. The lowest BCUT2D eigenvalue weighted by molar-refractivity contribution is 0.182. The highest BCUT2D eigenvalue weighted by Gasteiger charge is 2.21. The molecule has 0 aromatic carbocycles. The fourth-order valence-corrected chi connectivity index (χ4v) is 2.98. The molecule has 0 aliphatic carbocycles. The van der Waals surface area contributed by atoms with Gasteiger partial charge >= 0.3 is 0 Å². The van der Waals surface area contributed by atoms with Crippen LogP contribution in [0.1, 0.15) is 30.8 Å². The van der Waals surface area contributed by atoms with E-state index in [2.05, 4.69) is 26.5 Å². The Morgan fingerprint density at radius 3 is 3.00 bits per heavy atom. The topological polar surface area (TPSA) is 59.5 Å². The zero-order valence-electron chi connectivity index (χ0n) is 11.4. The second kappa shape index (κ2) is 5.27. The number of piperidine rings is 1. The van der Waals surface area contributed by atoms with Crippen LogP contribution in [-0.2, 0) is 13.0 Å². The molecule has 0 spiro atoms. The fourth-order valence-electron chi connectivity index (χ4n) is 2.98. The van der Waals surface area contributed by atoms with Crippen molar-refractivity contribution in [3.63, 3.8) is 0 Å². The van der Waals surface area contributed by atoms with Gasteiger partial charge in [0.2, 0.25) is 0 Å². The number of aromatic nitrogens is 3. The van der Waals surface area contributed by atoms with Gasteiger partial charge in [-0.3, -0.25) is 4.40 Å². The molecule has 2 aromatic rings. The van der Waals surface area contributed by atoms with Gasteiger partial charge in [0, 0.05) is 24.7 Å². The molecule has 3 heterocycles. The van der Waals surface area contributed by atoms with Crippen LogP contribution in [0.25, 0.3) is 5.65 Å². The average molecular weight is 259 g/mol. The van der Waals surface area contributed by atoms with Gasteiger partial charge in [-0.05, 0) is 38.6 Å². The van der Waals surface area contributed by atoms with Crippen LogP contribution in [0.5, 0.6) is 0 Å². The minimum absolute atomic E-state index is 0.517. The van der Waals surface area contributed by atoms with Gasteiger partial charge in [0.25, 0.3) is 0 Å². The maximum absolute atomic E-state index is 5.82. The summed E-state index contributed by atoms with van der Waals surface area (Å²) in [5, 5.41) is 8.62. The molecule has 2 aromatic heterocycles. The van der Waals surface area contributed by atoms with Crippen LogP contribution in [-0.4, -0.2) is 39.1 Å². The lowest BCUT2D eigenvalue weighted by atomic mass is 10.00. The molecule has 5 heteroatoms. The van der Waals surface area contributed by atoms with E-state index < -0.39 is 0 Å². The normalized spacial score (nSPS) is 21.1. The highest BCUT2D eigenvalue weighted by molar-refractivity contribution is 5.40. The summed E-state index contributed by atoms with van der Waals surface area (Å²) >= 11 is 0. The zero-order valence-corrected chi connectivity index (χ0v) is 11.4. The number of nitrogens with two attached hydrogens (primary N) is 1. The molecule has 19 heavy (non-hydrogen) atoms. The molecule has 0 saturated carbocycles. The maximum atomic E-state index is 5.82. The van der Waals surface area contributed by atoms with Crippen molar-refractivity contribution in [2.45, 2.75) is 38.3 Å². The van der Waals surface area contributed by atoms with Gasteiger partial charge < -0.3 is 10.6 Å². The first-order valence-corrected chi connectivity index (χ1v) is 7.02. The molecular weight excluding hydrogens is 238 g/mol. The Bertz CT molecular complexity index is 562. The monoisotopic (exact) mass is 259 g/mol. The maximum Gasteiger partial charge on any atom is 0.161 e. The van der Waals surface area contributed by atoms with E-state index in [1.807, 2.05) is 18.2 Å². The van der Waals surface area contributed by atoms with Crippen LogP contribution in [0.15, 0.2) is 18.2 Å². The van der Waals surface area contributed by atoms with E-state index in [0.29, 0.717) is 12.6 Å². The summed E-state index contributed by atoms with van der Waals surface area (Å²) in [6, 6.07) is 6.60. The van der Waals surface area contributed by atoms with Crippen LogP contribution in [0.2, 0.25) is 0 Å². The van der Waals surface area contributed by atoms with Crippen LogP contribution in [0, 0.1) is 0 Å².